The van der Waals surface area contributed by atoms with Crippen LogP contribution in [0.4, 0.5) is 0 Å². The number of carboxylic acids is 1. The first-order chi connectivity index (χ1) is 13.1. The normalized spacial score (nSPS) is 15.9. The lowest BCUT2D eigenvalue weighted by Gasteiger charge is -2.34. The summed E-state index contributed by atoms with van der Waals surface area (Å²) in [5.74, 6) is -0.246. The second-order valence-corrected chi connectivity index (χ2v) is 6.84. The van der Waals surface area contributed by atoms with Crippen LogP contribution in [0.25, 0.3) is 0 Å². The number of aliphatic carboxylic acids is 1. The Labute approximate surface area is 159 Å². The van der Waals surface area contributed by atoms with Crippen molar-refractivity contribution in [3.63, 3.8) is 0 Å². The van der Waals surface area contributed by atoms with Gasteiger partial charge < -0.3 is 14.7 Å². The van der Waals surface area contributed by atoms with Crippen LogP contribution in [0, 0.1) is 0 Å². The van der Waals surface area contributed by atoms with Gasteiger partial charge in [-0.15, -0.1) is 0 Å². The van der Waals surface area contributed by atoms with E-state index in [9.17, 15) is 14.7 Å². The molecule has 0 bridgehead atoms. The average molecular weight is 367 g/mol. The van der Waals surface area contributed by atoms with E-state index in [1.165, 1.54) is 4.90 Å². The zero-order valence-electron chi connectivity index (χ0n) is 15.6. The molecule has 1 heterocycles. The van der Waals surface area contributed by atoms with Crippen molar-refractivity contribution in [2.24, 2.45) is 0 Å². The largest absolute Gasteiger partial charge is 0.494 e. The van der Waals surface area contributed by atoms with Gasteiger partial charge in [-0.2, -0.15) is 0 Å². The van der Waals surface area contributed by atoms with Crippen molar-refractivity contribution in [3.8, 4) is 5.75 Å². The first-order valence-corrected chi connectivity index (χ1v) is 9.39. The fraction of sp³-hybridized carbons (Fsp3) is 0.364. The summed E-state index contributed by atoms with van der Waals surface area (Å²) < 4.78 is 5.56. The highest BCUT2D eigenvalue weighted by molar-refractivity contribution is 5.84. The number of amides is 1. The predicted molar refractivity (Wildman–Crippen MR) is 103 cm³/mol. The van der Waals surface area contributed by atoms with E-state index in [4.69, 9.17) is 4.74 Å². The molecule has 27 heavy (non-hydrogen) atoms. The molecule has 5 nitrogen and oxygen atoms in total. The monoisotopic (exact) mass is 367 g/mol. The van der Waals surface area contributed by atoms with Gasteiger partial charge in [-0.25, -0.2) is 4.79 Å². The van der Waals surface area contributed by atoms with Crippen molar-refractivity contribution >= 4 is 11.9 Å². The van der Waals surface area contributed by atoms with Crippen molar-refractivity contribution in [2.75, 3.05) is 6.61 Å². The molecule has 0 aliphatic carbocycles. The van der Waals surface area contributed by atoms with Gasteiger partial charge in [-0.05, 0) is 41.7 Å². The van der Waals surface area contributed by atoms with Crippen LogP contribution in [0.3, 0.4) is 0 Å². The van der Waals surface area contributed by atoms with Crippen LogP contribution < -0.4 is 4.74 Å². The first kappa shape index (κ1) is 19.0. The Bertz CT molecular complexity index is 800. The van der Waals surface area contributed by atoms with Gasteiger partial charge >= 0.3 is 5.97 Å². The van der Waals surface area contributed by atoms with Gasteiger partial charge in [0.25, 0.3) is 0 Å². The van der Waals surface area contributed by atoms with Crippen molar-refractivity contribution in [1.82, 2.24) is 4.90 Å². The third kappa shape index (κ3) is 4.67. The summed E-state index contributed by atoms with van der Waals surface area (Å²) in [4.78, 5) is 25.9. The maximum Gasteiger partial charge on any atom is 0.326 e. The van der Waals surface area contributed by atoms with Crippen LogP contribution in [0.5, 0.6) is 5.75 Å². The summed E-state index contributed by atoms with van der Waals surface area (Å²) in [6.45, 7) is 3.10. The van der Waals surface area contributed by atoms with Crippen molar-refractivity contribution in [2.45, 2.75) is 45.2 Å². The minimum absolute atomic E-state index is 0.122. The Morgan fingerprint density at radius 1 is 1.11 bits per heavy atom. The first-order valence-electron chi connectivity index (χ1n) is 9.39. The van der Waals surface area contributed by atoms with Crippen LogP contribution in [0.15, 0.2) is 48.5 Å². The van der Waals surface area contributed by atoms with Crippen LogP contribution in [0.1, 0.15) is 36.5 Å². The molecule has 1 aliphatic rings. The molecule has 1 N–H and O–H groups in total. The Morgan fingerprint density at radius 3 is 2.48 bits per heavy atom. The van der Waals surface area contributed by atoms with E-state index < -0.39 is 12.0 Å². The lowest BCUT2D eigenvalue weighted by Crippen LogP contribution is -2.48. The van der Waals surface area contributed by atoms with Crippen LogP contribution in [-0.4, -0.2) is 34.5 Å². The summed E-state index contributed by atoms with van der Waals surface area (Å²) in [5.41, 5.74) is 3.08. The van der Waals surface area contributed by atoms with E-state index in [1.54, 1.807) is 0 Å². The molecule has 0 aromatic heterocycles. The van der Waals surface area contributed by atoms with E-state index in [2.05, 4.69) is 6.92 Å². The molecule has 2 aromatic carbocycles. The molecule has 1 amide bonds. The van der Waals surface area contributed by atoms with E-state index in [-0.39, 0.29) is 5.91 Å². The molecule has 5 heteroatoms. The van der Waals surface area contributed by atoms with Gasteiger partial charge in [0.2, 0.25) is 5.91 Å². The number of aryl methyl sites for hydroxylation is 1. The number of hydrogen-bond acceptors (Lipinski definition) is 3. The molecule has 1 atom stereocenters. The summed E-state index contributed by atoms with van der Waals surface area (Å²) in [5, 5.41) is 9.56. The number of carbonyl (C=O) groups excluding carboxylic acids is 1. The SMILES string of the molecule is CCCOc1ccc(CCC(=O)N2Cc3ccccc3CC2C(=O)O)cc1. The fourth-order valence-electron chi connectivity index (χ4n) is 3.37. The summed E-state index contributed by atoms with van der Waals surface area (Å²) in [7, 11) is 0. The number of carbonyl (C=O) groups is 2. The van der Waals surface area contributed by atoms with Crippen molar-refractivity contribution in [3.05, 3.63) is 65.2 Å². The third-order valence-electron chi connectivity index (χ3n) is 4.88. The van der Waals surface area contributed by atoms with Crippen molar-refractivity contribution < 1.29 is 19.4 Å². The van der Waals surface area contributed by atoms with Gasteiger partial charge in [0.05, 0.1) is 6.61 Å². The van der Waals surface area contributed by atoms with Crippen LogP contribution in [0.2, 0.25) is 0 Å². The number of hydrogen-bond donors (Lipinski definition) is 1. The van der Waals surface area contributed by atoms with Gasteiger partial charge in [0.1, 0.15) is 11.8 Å². The molecule has 142 valence electrons. The van der Waals surface area contributed by atoms with Gasteiger partial charge in [-0.1, -0.05) is 43.3 Å². The topological polar surface area (TPSA) is 66.8 Å². The summed E-state index contributed by atoms with van der Waals surface area (Å²) in [6.07, 6.45) is 2.19. The molecule has 0 saturated carbocycles. The summed E-state index contributed by atoms with van der Waals surface area (Å²) >= 11 is 0. The standard InChI is InChI=1S/C22H25NO4/c1-2-13-27-19-10-7-16(8-11-19)9-12-21(24)23-15-18-6-4-3-5-17(18)14-20(23)22(25)26/h3-8,10-11,20H,2,9,12-15H2,1H3,(H,25,26). The van der Waals surface area contributed by atoms with E-state index in [1.807, 2.05) is 48.5 Å². The Hall–Kier alpha value is -2.82. The third-order valence-corrected chi connectivity index (χ3v) is 4.88. The zero-order valence-corrected chi connectivity index (χ0v) is 15.6. The van der Waals surface area contributed by atoms with E-state index in [0.717, 1.165) is 28.9 Å². The molecule has 3 rings (SSSR count). The molecule has 0 radical (unpaired) electrons. The van der Waals surface area contributed by atoms with Crippen LogP contribution >= 0.6 is 0 Å². The fourth-order valence-corrected chi connectivity index (χ4v) is 3.37. The summed E-state index contributed by atoms with van der Waals surface area (Å²) in [6, 6.07) is 14.7. The molecule has 2 aromatic rings. The molecule has 0 saturated heterocycles. The average Bonchev–Trinajstić information content (AvgIpc) is 2.70. The highest BCUT2D eigenvalue weighted by Crippen LogP contribution is 2.24. The maximum atomic E-state index is 12.7. The minimum Gasteiger partial charge on any atom is -0.494 e. The smallest absolute Gasteiger partial charge is 0.326 e. The van der Waals surface area contributed by atoms with E-state index >= 15 is 0 Å². The number of ether oxygens (including phenoxy) is 1. The highest BCUT2D eigenvalue weighted by atomic mass is 16.5. The Kier molecular flexibility index (Phi) is 6.12. The molecule has 1 unspecified atom stereocenters. The number of nitrogens with zero attached hydrogens (tertiary/aromatic N) is 1. The lowest BCUT2D eigenvalue weighted by molar-refractivity contribution is -0.151. The number of benzene rings is 2. The van der Waals surface area contributed by atoms with Crippen LogP contribution in [-0.2, 0) is 29.0 Å². The molecule has 1 aliphatic heterocycles. The minimum atomic E-state index is -0.949. The Morgan fingerprint density at radius 2 is 1.81 bits per heavy atom. The molecular weight excluding hydrogens is 342 g/mol. The van der Waals surface area contributed by atoms with E-state index in [0.29, 0.717) is 32.4 Å². The molecule has 0 spiro atoms. The van der Waals surface area contributed by atoms with Gasteiger partial charge in [0.15, 0.2) is 0 Å². The molecular formula is C22H25NO4. The second-order valence-electron chi connectivity index (χ2n) is 6.84. The molecule has 0 fully saturated rings. The van der Waals surface area contributed by atoms with Gasteiger partial charge in [0, 0.05) is 19.4 Å². The number of rotatable bonds is 7. The zero-order chi connectivity index (χ0) is 19.2. The number of fused-ring (bicyclic) bond motifs is 1. The van der Waals surface area contributed by atoms with Gasteiger partial charge in [-0.3, -0.25) is 4.79 Å². The lowest BCUT2D eigenvalue weighted by atomic mass is 9.93. The van der Waals surface area contributed by atoms with Crippen molar-refractivity contribution in [1.29, 1.82) is 0 Å². The highest BCUT2D eigenvalue weighted by Gasteiger charge is 2.34. The second kappa shape index (κ2) is 8.71. The maximum absolute atomic E-state index is 12.7. The predicted octanol–water partition coefficient (Wildman–Crippen LogP) is 3.45. The quantitative estimate of drug-likeness (QED) is 0.814. The number of carboxylic acid groups (broad SMARTS) is 1. The Balaban J connectivity index is 1.63.